The quantitative estimate of drug-likeness (QED) is 0.137. The molecule has 0 spiro atoms. The average molecular weight is 815 g/mol. The van der Waals surface area contributed by atoms with Crippen molar-refractivity contribution in [1.82, 2.24) is 14.7 Å². The van der Waals surface area contributed by atoms with Gasteiger partial charge >= 0.3 is 24.5 Å². The Bertz CT molecular complexity index is 1880. The first kappa shape index (κ1) is 41.1. The molecule has 0 bridgehead atoms. The Labute approximate surface area is 312 Å². The highest BCUT2D eigenvalue weighted by atomic mass is 35.5. The zero-order valence-electron chi connectivity index (χ0n) is 28.0. The Kier molecular flexibility index (Phi) is 12.2. The summed E-state index contributed by atoms with van der Waals surface area (Å²) in [7, 11) is 1.02. The summed E-state index contributed by atoms with van der Waals surface area (Å²) in [5.41, 5.74) is -4.68. The summed E-state index contributed by atoms with van der Waals surface area (Å²) in [6, 6.07) is 12.1. The van der Waals surface area contributed by atoms with Crippen molar-refractivity contribution in [3.8, 4) is 5.75 Å². The summed E-state index contributed by atoms with van der Waals surface area (Å²) >= 11 is 12.4. The Morgan fingerprint density at radius 3 is 2.17 bits per heavy atom. The van der Waals surface area contributed by atoms with Crippen molar-refractivity contribution in [3.05, 3.63) is 98.5 Å². The van der Waals surface area contributed by atoms with Gasteiger partial charge in [-0.2, -0.15) is 39.5 Å². The Balaban J connectivity index is 1.49. The van der Waals surface area contributed by atoms with Gasteiger partial charge in [0.1, 0.15) is 6.10 Å². The van der Waals surface area contributed by atoms with E-state index in [1.54, 1.807) is 0 Å². The first-order valence-electron chi connectivity index (χ1n) is 16.1. The van der Waals surface area contributed by atoms with Crippen LogP contribution >= 0.6 is 23.2 Å². The minimum absolute atomic E-state index is 0.0477. The van der Waals surface area contributed by atoms with Gasteiger partial charge in [-0.25, -0.2) is 4.79 Å². The molecule has 0 radical (unpaired) electrons. The third kappa shape index (κ3) is 9.41. The summed E-state index contributed by atoms with van der Waals surface area (Å²) in [6.45, 7) is 1.35. The lowest BCUT2D eigenvalue weighted by atomic mass is 9.84. The second-order valence-electron chi connectivity index (χ2n) is 12.7. The SMILES string of the molecule is CN(C(=O)c1cc(C(F)(F)F)cc(C(F)(F)F)c1OC(=O)C(F)(F)F)[C@@H]1CCN(C(=O)[C@H]2CN(Cc3ccccc3)CCO2)C[C@H]1c1ccc(Cl)c(Cl)c1. The fourth-order valence-corrected chi connectivity index (χ4v) is 6.78. The number of hydrogen-bond acceptors (Lipinski definition) is 6. The largest absolute Gasteiger partial charge is 0.491 e. The van der Waals surface area contributed by atoms with Gasteiger partial charge in [0.15, 0.2) is 5.75 Å². The number of likely N-dealkylation sites (N-methyl/N-ethyl adjacent to an activating group) is 1. The molecule has 2 heterocycles. The molecule has 19 heteroatoms. The third-order valence-corrected chi connectivity index (χ3v) is 9.87. The van der Waals surface area contributed by atoms with E-state index < -0.39 is 82.9 Å². The molecule has 292 valence electrons. The average Bonchev–Trinajstić information content (AvgIpc) is 3.10. The lowest BCUT2D eigenvalue weighted by Crippen LogP contribution is -2.56. The van der Waals surface area contributed by atoms with Crippen molar-refractivity contribution in [1.29, 1.82) is 0 Å². The van der Waals surface area contributed by atoms with E-state index in [-0.39, 0.29) is 48.8 Å². The highest BCUT2D eigenvalue weighted by molar-refractivity contribution is 6.42. The van der Waals surface area contributed by atoms with Crippen LogP contribution in [0.1, 0.15) is 45.0 Å². The van der Waals surface area contributed by atoms with E-state index in [0.717, 1.165) is 17.5 Å². The number of morpholine rings is 1. The molecule has 0 aromatic heterocycles. The van der Waals surface area contributed by atoms with E-state index in [4.69, 9.17) is 27.9 Å². The Hall–Kier alpha value is -4.06. The van der Waals surface area contributed by atoms with Gasteiger partial charge in [0.25, 0.3) is 11.8 Å². The van der Waals surface area contributed by atoms with E-state index in [1.165, 1.54) is 23.1 Å². The number of carbonyl (C=O) groups excluding carboxylic acids is 3. The number of nitrogens with zero attached hydrogens (tertiary/aromatic N) is 3. The first-order chi connectivity index (χ1) is 25.1. The van der Waals surface area contributed by atoms with E-state index in [9.17, 15) is 53.9 Å². The van der Waals surface area contributed by atoms with Crippen LogP contribution in [0.15, 0.2) is 60.7 Å². The highest BCUT2D eigenvalue weighted by Crippen LogP contribution is 2.44. The first-order valence-corrected chi connectivity index (χ1v) is 16.9. The molecule has 2 amide bonds. The van der Waals surface area contributed by atoms with Crippen molar-refractivity contribution in [3.63, 3.8) is 0 Å². The molecular formula is C35H30Cl2F9N3O5. The van der Waals surface area contributed by atoms with Crippen molar-refractivity contribution >= 4 is 41.0 Å². The zero-order chi connectivity index (χ0) is 39.7. The number of alkyl halides is 9. The number of carbonyl (C=O) groups is 3. The maximum atomic E-state index is 14.1. The molecule has 3 aromatic carbocycles. The summed E-state index contributed by atoms with van der Waals surface area (Å²) in [6.07, 6.45) is -18.2. The van der Waals surface area contributed by atoms with Gasteiger partial charge in [0.2, 0.25) is 0 Å². The Morgan fingerprint density at radius 1 is 0.870 bits per heavy atom. The molecule has 2 fully saturated rings. The van der Waals surface area contributed by atoms with Crippen molar-refractivity contribution in [2.75, 3.05) is 39.8 Å². The molecule has 0 N–H and O–H groups in total. The second kappa shape index (κ2) is 16.0. The minimum Gasteiger partial charge on any atom is -0.418 e. The van der Waals surface area contributed by atoms with Gasteiger partial charge in [-0.05, 0) is 41.8 Å². The van der Waals surface area contributed by atoms with Crippen LogP contribution in [0.25, 0.3) is 0 Å². The number of ether oxygens (including phenoxy) is 2. The Morgan fingerprint density at radius 2 is 1.56 bits per heavy atom. The fraction of sp³-hybridized carbons (Fsp3) is 0.400. The van der Waals surface area contributed by atoms with E-state index in [1.807, 2.05) is 35.2 Å². The van der Waals surface area contributed by atoms with Gasteiger partial charge in [-0.15, -0.1) is 0 Å². The van der Waals surface area contributed by atoms with Crippen molar-refractivity contribution < 1.29 is 63.4 Å². The normalized spacial score (nSPS) is 20.1. The standard InChI is InChI=1S/C35H30Cl2F9N3O5/c1-47(30(50)22-14-21(33(38,39)40)15-24(34(41,42)43)29(22)54-32(52)35(44,45)46)27-9-10-49(17-23(27)20-7-8-25(36)26(37)13-20)31(51)28-18-48(11-12-53-28)16-19-5-3-2-4-6-19/h2-8,13-15,23,27-28H,9-12,16-18H2,1H3/t23-,27+,28+/m0/s1. The van der Waals surface area contributed by atoms with E-state index in [0.29, 0.717) is 18.7 Å². The van der Waals surface area contributed by atoms with Crippen LogP contribution in [-0.4, -0.2) is 90.6 Å². The number of piperidine rings is 1. The van der Waals surface area contributed by atoms with E-state index in [2.05, 4.69) is 4.74 Å². The number of benzene rings is 3. The lowest BCUT2D eigenvalue weighted by Gasteiger charge is -2.44. The maximum absolute atomic E-state index is 14.1. The fourth-order valence-electron chi connectivity index (χ4n) is 6.48. The topological polar surface area (TPSA) is 79.4 Å². The monoisotopic (exact) mass is 813 g/mol. The van der Waals surface area contributed by atoms with Crippen LogP contribution in [0, 0.1) is 0 Å². The molecule has 2 aliphatic rings. The maximum Gasteiger partial charge on any atom is 0.491 e. The molecule has 2 aliphatic heterocycles. The number of rotatable bonds is 7. The van der Waals surface area contributed by atoms with Crippen LogP contribution in [0.5, 0.6) is 5.75 Å². The number of esters is 1. The predicted molar refractivity (Wildman–Crippen MR) is 176 cm³/mol. The molecule has 5 rings (SSSR count). The molecule has 8 nitrogen and oxygen atoms in total. The second-order valence-corrected chi connectivity index (χ2v) is 13.5. The minimum atomic E-state index is -5.88. The highest BCUT2D eigenvalue weighted by Gasteiger charge is 2.47. The van der Waals surface area contributed by atoms with Gasteiger partial charge in [0.05, 0.1) is 33.3 Å². The van der Waals surface area contributed by atoms with Crippen LogP contribution < -0.4 is 4.74 Å². The summed E-state index contributed by atoms with van der Waals surface area (Å²) in [5, 5.41) is 0.172. The summed E-state index contributed by atoms with van der Waals surface area (Å²) in [4.78, 5) is 43.8. The third-order valence-electron chi connectivity index (χ3n) is 9.13. The molecule has 54 heavy (non-hydrogen) atoms. The number of likely N-dealkylation sites (tertiary alicyclic amines) is 1. The molecule has 0 unspecified atom stereocenters. The predicted octanol–water partition coefficient (Wildman–Crippen LogP) is 7.86. The molecule has 3 aromatic rings. The lowest BCUT2D eigenvalue weighted by molar-refractivity contribution is -0.190. The summed E-state index contributed by atoms with van der Waals surface area (Å²) < 4.78 is 133. The summed E-state index contributed by atoms with van der Waals surface area (Å²) in [5.74, 6) is -8.21. The van der Waals surface area contributed by atoms with Crippen LogP contribution in [0.4, 0.5) is 39.5 Å². The van der Waals surface area contributed by atoms with E-state index >= 15 is 0 Å². The van der Waals surface area contributed by atoms with Gasteiger partial charge in [0, 0.05) is 51.7 Å². The van der Waals surface area contributed by atoms with Crippen LogP contribution in [0.2, 0.25) is 10.0 Å². The van der Waals surface area contributed by atoms with Crippen LogP contribution in [-0.2, 0) is 33.2 Å². The smallest absolute Gasteiger partial charge is 0.418 e. The molecule has 2 saturated heterocycles. The van der Waals surface area contributed by atoms with Crippen LogP contribution in [0.3, 0.4) is 0 Å². The molecule has 3 atom stereocenters. The molecular weight excluding hydrogens is 784 g/mol. The molecule has 0 saturated carbocycles. The number of hydrogen-bond donors (Lipinski definition) is 0. The van der Waals surface area contributed by atoms with Crippen molar-refractivity contribution in [2.45, 2.75) is 49.6 Å². The van der Waals surface area contributed by atoms with Gasteiger partial charge in [-0.1, -0.05) is 59.6 Å². The zero-order valence-corrected chi connectivity index (χ0v) is 29.5. The van der Waals surface area contributed by atoms with Crippen molar-refractivity contribution in [2.24, 2.45) is 0 Å². The number of amides is 2. The number of halogens is 11. The van der Waals surface area contributed by atoms with Gasteiger partial charge < -0.3 is 19.3 Å². The molecule has 0 aliphatic carbocycles. The van der Waals surface area contributed by atoms with Gasteiger partial charge in [-0.3, -0.25) is 14.5 Å².